The molecule has 43 heavy (non-hydrogen) atoms. The van der Waals surface area contributed by atoms with Crippen molar-refractivity contribution in [3.8, 4) is 16.8 Å². The fourth-order valence-corrected chi connectivity index (χ4v) is 8.23. The van der Waals surface area contributed by atoms with Gasteiger partial charge in [0.25, 0.3) is 0 Å². The van der Waals surface area contributed by atoms with Gasteiger partial charge in [0.15, 0.2) is 0 Å². The maximum absolute atomic E-state index is 6.10. The van der Waals surface area contributed by atoms with Gasteiger partial charge in [0.1, 0.15) is 11.2 Å². The van der Waals surface area contributed by atoms with E-state index in [2.05, 4.69) is 132 Å². The first-order valence-electron chi connectivity index (χ1n) is 14.6. The van der Waals surface area contributed by atoms with Crippen molar-refractivity contribution in [2.75, 3.05) is 0 Å². The van der Waals surface area contributed by atoms with Crippen molar-refractivity contribution < 1.29 is 4.42 Å². The van der Waals surface area contributed by atoms with Crippen LogP contribution in [0.3, 0.4) is 0 Å². The Morgan fingerprint density at radius 2 is 1.19 bits per heavy atom. The van der Waals surface area contributed by atoms with E-state index in [1.807, 2.05) is 23.5 Å². The molecule has 0 bridgehead atoms. The Kier molecular flexibility index (Phi) is 4.63. The molecule has 3 heteroatoms. The van der Waals surface area contributed by atoms with Gasteiger partial charge in [-0.3, -0.25) is 0 Å². The van der Waals surface area contributed by atoms with Crippen molar-refractivity contribution in [3.63, 3.8) is 0 Å². The molecule has 0 spiro atoms. The third kappa shape index (κ3) is 3.23. The number of rotatable bonds is 2. The van der Waals surface area contributed by atoms with Crippen molar-refractivity contribution in [2.45, 2.75) is 0 Å². The summed E-state index contributed by atoms with van der Waals surface area (Å²) >= 11 is 1.89. The molecule has 3 aromatic heterocycles. The van der Waals surface area contributed by atoms with E-state index in [0.717, 1.165) is 27.6 Å². The highest BCUT2D eigenvalue weighted by Crippen LogP contribution is 2.45. The van der Waals surface area contributed by atoms with Gasteiger partial charge < -0.3 is 8.98 Å². The molecule has 0 radical (unpaired) electrons. The van der Waals surface area contributed by atoms with Crippen LogP contribution in [0.15, 0.2) is 144 Å². The predicted octanol–water partition coefficient (Wildman–Crippen LogP) is 11.9. The number of nitrogens with zero attached hydrogens (tertiary/aromatic N) is 1. The molecule has 0 atom stereocenters. The number of aromatic nitrogens is 1. The lowest BCUT2D eigenvalue weighted by Gasteiger charge is -2.10. The van der Waals surface area contributed by atoms with E-state index >= 15 is 0 Å². The average Bonchev–Trinajstić information content (AvgIpc) is 3.74. The molecule has 0 saturated carbocycles. The number of hydrogen-bond donors (Lipinski definition) is 0. The minimum Gasteiger partial charge on any atom is -0.456 e. The van der Waals surface area contributed by atoms with Crippen LogP contribution in [0, 0.1) is 0 Å². The summed E-state index contributed by atoms with van der Waals surface area (Å²) in [4.78, 5) is 0. The summed E-state index contributed by atoms with van der Waals surface area (Å²) in [5.41, 5.74) is 7.82. The van der Waals surface area contributed by atoms with Crippen LogP contribution < -0.4 is 0 Å². The molecule has 0 fully saturated rings. The van der Waals surface area contributed by atoms with E-state index in [-0.39, 0.29) is 0 Å². The Hall–Kier alpha value is -5.38. The Morgan fingerprint density at radius 3 is 2.14 bits per heavy atom. The van der Waals surface area contributed by atoms with Crippen LogP contribution in [-0.4, -0.2) is 4.57 Å². The number of benzene rings is 7. The normalized spacial score (nSPS) is 12.2. The van der Waals surface area contributed by atoms with E-state index in [1.165, 1.54) is 63.9 Å². The Morgan fingerprint density at radius 1 is 0.442 bits per heavy atom. The Balaban J connectivity index is 1.26. The second kappa shape index (κ2) is 8.57. The molecule has 0 N–H and O–H groups in total. The van der Waals surface area contributed by atoms with Gasteiger partial charge in [-0.05, 0) is 76.5 Å². The quantitative estimate of drug-likeness (QED) is 0.204. The Labute approximate surface area is 250 Å². The van der Waals surface area contributed by atoms with E-state index in [0.29, 0.717) is 0 Å². The molecule has 0 aliphatic rings. The number of fused-ring (bicyclic) bond motifs is 12. The second-order valence-corrected chi connectivity index (χ2v) is 12.4. The molecule has 7 aromatic carbocycles. The monoisotopic (exact) mass is 565 g/mol. The van der Waals surface area contributed by atoms with E-state index in [1.54, 1.807) is 0 Å². The van der Waals surface area contributed by atoms with Crippen LogP contribution in [0.5, 0.6) is 0 Å². The van der Waals surface area contributed by atoms with Crippen molar-refractivity contribution in [1.82, 2.24) is 4.57 Å². The minimum atomic E-state index is 0.919. The number of para-hydroxylation sites is 2. The van der Waals surface area contributed by atoms with Gasteiger partial charge in [-0.2, -0.15) is 0 Å². The van der Waals surface area contributed by atoms with E-state index in [4.69, 9.17) is 4.42 Å². The molecule has 0 aliphatic heterocycles. The highest BCUT2D eigenvalue weighted by Gasteiger charge is 2.19. The third-order valence-corrected chi connectivity index (χ3v) is 10.1. The van der Waals surface area contributed by atoms with Crippen molar-refractivity contribution >= 4 is 86.0 Å². The molecule has 10 aromatic rings. The summed E-state index contributed by atoms with van der Waals surface area (Å²) in [6.45, 7) is 0. The molecular formula is C40H23NOS. The lowest BCUT2D eigenvalue weighted by atomic mass is 10.0. The molecule has 0 unspecified atom stereocenters. The molecule has 10 rings (SSSR count). The van der Waals surface area contributed by atoms with Gasteiger partial charge in [-0.25, -0.2) is 0 Å². The van der Waals surface area contributed by atoms with Crippen LogP contribution in [0.25, 0.3) is 91.5 Å². The summed E-state index contributed by atoms with van der Waals surface area (Å²) in [6.07, 6.45) is 0. The van der Waals surface area contributed by atoms with Gasteiger partial charge in [-0.1, -0.05) is 84.9 Å². The van der Waals surface area contributed by atoms with Gasteiger partial charge in [-0.15, -0.1) is 11.3 Å². The summed E-state index contributed by atoms with van der Waals surface area (Å²) in [5, 5.41) is 10.2. The van der Waals surface area contributed by atoms with E-state index < -0.39 is 0 Å². The van der Waals surface area contributed by atoms with Crippen molar-refractivity contribution in [3.05, 3.63) is 140 Å². The standard InChI is InChI=1S/C40H23NOS/c1-2-11-28-24(8-1)17-20-36-39(28)40-37(43-36)21-18-33-38(40)30-13-3-5-14-32(30)41(33)27-10-7-9-25(22-27)26-16-19-35-31(23-26)29-12-4-6-15-34(29)42-35/h1-23H. The van der Waals surface area contributed by atoms with Gasteiger partial charge in [0, 0.05) is 47.4 Å². The largest absolute Gasteiger partial charge is 0.456 e. The SMILES string of the molecule is c1cc(-c2ccc3oc4ccccc4c3c2)cc(-n2c3ccccc3c3c4c(ccc32)sc2ccc3ccccc3c24)c1. The second-order valence-electron chi connectivity index (χ2n) is 11.3. The highest BCUT2D eigenvalue weighted by atomic mass is 32.1. The van der Waals surface area contributed by atoms with Crippen LogP contribution in [-0.2, 0) is 0 Å². The Bertz CT molecular complexity index is 2740. The average molecular weight is 566 g/mol. The minimum absolute atomic E-state index is 0.919. The highest BCUT2D eigenvalue weighted by molar-refractivity contribution is 7.26. The predicted molar refractivity (Wildman–Crippen MR) is 184 cm³/mol. The zero-order valence-corrected chi connectivity index (χ0v) is 23.9. The summed E-state index contributed by atoms with van der Waals surface area (Å²) in [5.74, 6) is 0. The molecule has 200 valence electrons. The van der Waals surface area contributed by atoms with Crippen LogP contribution in [0.2, 0.25) is 0 Å². The first kappa shape index (κ1) is 23.2. The van der Waals surface area contributed by atoms with E-state index in [9.17, 15) is 0 Å². The summed E-state index contributed by atoms with van der Waals surface area (Å²) < 4.78 is 11.2. The maximum atomic E-state index is 6.10. The van der Waals surface area contributed by atoms with Crippen LogP contribution in [0.1, 0.15) is 0 Å². The van der Waals surface area contributed by atoms with Crippen LogP contribution >= 0.6 is 11.3 Å². The smallest absolute Gasteiger partial charge is 0.135 e. The van der Waals surface area contributed by atoms with Gasteiger partial charge >= 0.3 is 0 Å². The van der Waals surface area contributed by atoms with Crippen molar-refractivity contribution in [2.24, 2.45) is 0 Å². The van der Waals surface area contributed by atoms with Crippen molar-refractivity contribution in [1.29, 1.82) is 0 Å². The molecule has 0 amide bonds. The topological polar surface area (TPSA) is 18.1 Å². The molecule has 0 saturated heterocycles. The molecule has 3 heterocycles. The maximum Gasteiger partial charge on any atom is 0.135 e. The molecule has 0 aliphatic carbocycles. The van der Waals surface area contributed by atoms with Crippen LogP contribution in [0.4, 0.5) is 0 Å². The fourth-order valence-electron chi connectivity index (χ4n) is 7.10. The fraction of sp³-hybridized carbons (Fsp3) is 0. The number of hydrogen-bond acceptors (Lipinski definition) is 2. The summed E-state index contributed by atoms with van der Waals surface area (Å²) in [6, 6.07) is 50.5. The lowest BCUT2D eigenvalue weighted by Crippen LogP contribution is -1.94. The molecular weight excluding hydrogens is 543 g/mol. The zero-order chi connectivity index (χ0) is 28.1. The molecule has 2 nitrogen and oxygen atoms in total. The summed E-state index contributed by atoms with van der Waals surface area (Å²) in [7, 11) is 0. The number of thiophene rings is 1. The zero-order valence-electron chi connectivity index (χ0n) is 23.0. The number of furan rings is 1. The first-order chi connectivity index (χ1) is 21.3. The van der Waals surface area contributed by atoms with Gasteiger partial charge in [0.2, 0.25) is 0 Å². The first-order valence-corrected chi connectivity index (χ1v) is 15.4. The third-order valence-electron chi connectivity index (χ3n) is 8.98. The lowest BCUT2D eigenvalue weighted by molar-refractivity contribution is 0.669. The van der Waals surface area contributed by atoms with Gasteiger partial charge in [0.05, 0.1) is 11.0 Å².